The van der Waals surface area contributed by atoms with Gasteiger partial charge in [0.15, 0.2) is 0 Å². The Labute approximate surface area is 101 Å². The van der Waals surface area contributed by atoms with E-state index in [-0.39, 0.29) is 0 Å². The Hall–Kier alpha value is -0.570. The molecule has 0 aliphatic heterocycles. The fourth-order valence-electron chi connectivity index (χ4n) is 1.05. The van der Waals surface area contributed by atoms with E-state index in [4.69, 9.17) is 23.2 Å². The summed E-state index contributed by atoms with van der Waals surface area (Å²) in [6.07, 6.45) is 1.73. The predicted octanol–water partition coefficient (Wildman–Crippen LogP) is 2.97. The minimum absolute atomic E-state index is 0.635. The van der Waals surface area contributed by atoms with Gasteiger partial charge in [-0.1, -0.05) is 29.3 Å². The molecule has 0 bridgehead atoms. The van der Waals surface area contributed by atoms with Crippen molar-refractivity contribution in [3.63, 3.8) is 0 Å². The van der Waals surface area contributed by atoms with Gasteiger partial charge in [-0.05, 0) is 26.2 Å². The monoisotopic (exact) mass is 244 g/mol. The van der Waals surface area contributed by atoms with Gasteiger partial charge in [-0.3, -0.25) is 4.99 Å². The smallest absolute Gasteiger partial charge is 0.0516 e. The lowest BCUT2D eigenvalue weighted by Gasteiger charge is -2.05. The fourth-order valence-corrected chi connectivity index (χ4v) is 1.54. The number of halogens is 2. The van der Waals surface area contributed by atoms with Crippen molar-refractivity contribution in [2.75, 3.05) is 27.2 Å². The van der Waals surface area contributed by atoms with Gasteiger partial charge in [0.25, 0.3) is 0 Å². The van der Waals surface area contributed by atoms with Crippen LogP contribution in [-0.4, -0.2) is 38.3 Å². The summed E-state index contributed by atoms with van der Waals surface area (Å²) >= 11 is 12.0. The molecule has 0 aromatic heterocycles. The van der Waals surface area contributed by atoms with E-state index < -0.39 is 0 Å². The first-order chi connectivity index (χ1) is 7.11. The van der Waals surface area contributed by atoms with Crippen molar-refractivity contribution in [2.24, 2.45) is 4.99 Å². The van der Waals surface area contributed by atoms with Crippen LogP contribution in [0.3, 0.4) is 0 Å². The molecule has 0 atom stereocenters. The second-order valence-corrected chi connectivity index (χ2v) is 4.29. The zero-order chi connectivity index (χ0) is 11.3. The fraction of sp³-hybridized carbons (Fsp3) is 0.364. The van der Waals surface area contributed by atoms with Crippen molar-refractivity contribution in [3.05, 3.63) is 33.8 Å². The maximum absolute atomic E-state index is 5.98. The molecule has 82 valence electrons. The van der Waals surface area contributed by atoms with E-state index in [0.29, 0.717) is 10.0 Å². The largest absolute Gasteiger partial charge is 0.308 e. The summed E-state index contributed by atoms with van der Waals surface area (Å²) < 4.78 is 0. The normalized spacial score (nSPS) is 11.5. The lowest BCUT2D eigenvalue weighted by atomic mass is 10.2. The topological polar surface area (TPSA) is 15.6 Å². The molecule has 0 N–H and O–H groups in total. The first-order valence-corrected chi connectivity index (χ1v) is 5.45. The zero-order valence-corrected chi connectivity index (χ0v) is 10.4. The molecule has 0 heterocycles. The number of nitrogens with zero attached hydrogens (tertiary/aromatic N) is 2. The summed E-state index contributed by atoms with van der Waals surface area (Å²) in [6, 6.07) is 5.43. The third-order valence-electron chi connectivity index (χ3n) is 1.90. The molecule has 0 saturated heterocycles. The summed E-state index contributed by atoms with van der Waals surface area (Å²) in [6.45, 7) is 1.66. The quantitative estimate of drug-likeness (QED) is 0.744. The van der Waals surface area contributed by atoms with Crippen molar-refractivity contribution < 1.29 is 0 Å². The van der Waals surface area contributed by atoms with Crippen molar-refractivity contribution in [1.82, 2.24) is 4.90 Å². The molecule has 0 saturated carbocycles. The molecule has 1 aromatic carbocycles. The second-order valence-electron chi connectivity index (χ2n) is 3.47. The van der Waals surface area contributed by atoms with Gasteiger partial charge in [0, 0.05) is 18.3 Å². The van der Waals surface area contributed by atoms with Crippen LogP contribution < -0.4 is 0 Å². The minimum Gasteiger partial charge on any atom is -0.308 e. The Bertz CT molecular complexity index is 328. The van der Waals surface area contributed by atoms with Gasteiger partial charge >= 0.3 is 0 Å². The van der Waals surface area contributed by atoms with E-state index in [1.165, 1.54) is 0 Å². The van der Waals surface area contributed by atoms with Gasteiger partial charge < -0.3 is 4.90 Å². The Morgan fingerprint density at radius 3 is 2.40 bits per heavy atom. The summed E-state index contributed by atoms with van der Waals surface area (Å²) in [5.74, 6) is 0. The molecule has 4 heteroatoms. The number of likely N-dealkylation sites (N-methyl/N-ethyl adjacent to an activating group) is 1. The van der Waals surface area contributed by atoms with Crippen molar-refractivity contribution in [3.8, 4) is 0 Å². The summed E-state index contributed by atoms with van der Waals surface area (Å²) in [5.41, 5.74) is 0.791. The van der Waals surface area contributed by atoms with Crippen LogP contribution in [0.4, 0.5) is 0 Å². The molecule has 0 aliphatic rings. The molecule has 0 fully saturated rings. The van der Waals surface area contributed by atoms with E-state index in [2.05, 4.69) is 9.89 Å². The van der Waals surface area contributed by atoms with Crippen molar-refractivity contribution in [2.45, 2.75) is 0 Å². The van der Waals surface area contributed by atoms with Gasteiger partial charge in [0.1, 0.15) is 0 Å². The Morgan fingerprint density at radius 1 is 1.27 bits per heavy atom. The molecule has 2 nitrogen and oxygen atoms in total. The van der Waals surface area contributed by atoms with Gasteiger partial charge in [0.2, 0.25) is 0 Å². The molecule has 1 rings (SSSR count). The van der Waals surface area contributed by atoms with Crippen LogP contribution in [0, 0.1) is 0 Å². The van der Waals surface area contributed by atoms with Crippen LogP contribution in [0.5, 0.6) is 0 Å². The molecule has 0 radical (unpaired) electrons. The number of hydrogen-bond acceptors (Lipinski definition) is 2. The Morgan fingerprint density at radius 2 is 1.87 bits per heavy atom. The van der Waals surface area contributed by atoms with Crippen LogP contribution in [-0.2, 0) is 0 Å². The Kier molecular flexibility index (Phi) is 5.09. The average Bonchev–Trinajstić information content (AvgIpc) is 2.15. The first-order valence-electron chi connectivity index (χ1n) is 4.70. The van der Waals surface area contributed by atoms with Gasteiger partial charge in [0.05, 0.1) is 16.6 Å². The minimum atomic E-state index is 0.635. The van der Waals surface area contributed by atoms with Crippen LogP contribution in [0.25, 0.3) is 0 Å². The summed E-state index contributed by atoms with van der Waals surface area (Å²) in [7, 11) is 4.02. The molecule has 0 aliphatic carbocycles. The van der Waals surface area contributed by atoms with Gasteiger partial charge in [-0.2, -0.15) is 0 Å². The van der Waals surface area contributed by atoms with Gasteiger partial charge in [-0.15, -0.1) is 0 Å². The lowest BCUT2D eigenvalue weighted by Crippen LogP contribution is -2.15. The van der Waals surface area contributed by atoms with Gasteiger partial charge in [-0.25, -0.2) is 0 Å². The van der Waals surface area contributed by atoms with E-state index in [1.807, 2.05) is 20.2 Å². The van der Waals surface area contributed by atoms with Crippen LogP contribution in [0.2, 0.25) is 10.0 Å². The number of benzene rings is 1. The third-order valence-corrected chi connectivity index (χ3v) is 2.56. The highest BCUT2D eigenvalue weighted by Crippen LogP contribution is 2.21. The molecule has 0 spiro atoms. The highest BCUT2D eigenvalue weighted by molar-refractivity contribution is 6.38. The molecular formula is C11H14Cl2N2. The second kappa shape index (κ2) is 6.11. The molecular weight excluding hydrogens is 231 g/mol. The van der Waals surface area contributed by atoms with E-state index in [1.54, 1.807) is 18.3 Å². The number of hydrogen-bond donors (Lipinski definition) is 0. The SMILES string of the molecule is CN(C)CCN=Cc1c(Cl)cccc1Cl. The number of rotatable bonds is 4. The predicted molar refractivity (Wildman–Crippen MR) is 67.5 cm³/mol. The van der Waals surface area contributed by atoms with Crippen LogP contribution in [0.15, 0.2) is 23.2 Å². The van der Waals surface area contributed by atoms with Crippen LogP contribution >= 0.6 is 23.2 Å². The van der Waals surface area contributed by atoms with Crippen molar-refractivity contribution in [1.29, 1.82) is 0 Å². The van der Waals surface area contributed by atoms with E-state index in [9.17, 15) is 0 Å². The van der Waals surface area contributed by atoms with Crippen molar-refractivity contribution >= 4 is 29.4 Å². The number of aliphatic imine (C=N–C) groups is 1. The molecule has 15 heavy (non-hydrogen) atoms. The molecule has 0 unspecified atom stereocenters. The van der Waals surface area contributed by atoms with Crippen LogP contribution in [0.1, 0.15) is 5.56 Å². The highest BCUT2D eigenvalue weighted by atomic mass is 35.5. The molecule has 1 aromatic rings. The Balaban J connectivity index is 2.64. The zero-order valence-electron chi connectivity index (χ0n) is 8.87. The maximum atomic E-state index is 5.98. The maximum Gasteiger partial charge on any atom is 0.0516 e. The first kappa shape index (κ1) is 12.5. The highest BCUT2D eigenvalue weighted by Gasteiger charge is 2.01. The lowest BCUT2D eigenvalue weighted by molar-refractivity contribution is 0.421. The summed E-state index contributed by atoms with van der Waals surface area (Å²) in [4.78, 5) is 6.34. The molecule has 0 amide bonds. The summed E-state index contributed by atoms with van der Waals surface area (Å²) in [5, 5.41) is 1.27. The standard InChI is InChI=1S/C11H14Cl2N2/c1-15(2)7-6-14-8-9-10(12)4-3-5-11(9)13/h3-5,8H,6-7H2,1-2H3. The average molecular weight is 245 g/mol. The van der Waals surface area contributed by atoms with E-state index >= 15 is 0 Å². The third kappa shape index (κ3) is 4.20. The van der Waals surface area contributed by atoms with E-state index in [0.717, 1.165) is 18.7 Å².